The molecule has 6 heteroatoms. The van der Waals surface area contributed by atoms with Crippen molar-refractivity contribution in [3.63, 3.8) is 0 Å². The molecule has 3 N–H and O–H groups in total. The number of halogens is 3. The third-order valence-electron chi connectivity index (χ3n) is 3.20. The molecule has 1 unspecified atom stereocenters. The van der Waals surface area contributed by atoms with E-state index in [0.29, 0.717) is 10.6 Å². The van der Waals surface area contributed by atoms with E-state index in [1.165, 1.54) is 0 Å². The molecule has 2 aromatic carbocycles. The summed E-state index contributed by atoms with van der Waals surface area (Å²) in [4.78, 5) is 12.0. The van der Waals surface area contributed by atoms with Gasteiger partial charge >= 0.3 is 0 Å². The van der Waals surface area contributed by atoms with Crippen LogP contribution in [0.5, 0.6) is 0 Å². The summed E-state index contributed by atoms with van der Waals surface area (Å²) in [7, 11) is 0. The molecule has 0 bridgehead atoms. The number of rotatable bonds is 4. The van der Waals surface area contributed by atoms with Crippen LogP contribution < -0.4 is 11.1 Å². The predicted molar refractivity (Wildman–Crippen MR) is 93.5 cm³/mol. The first kappa shape index (κ1) is 16.3. The maximum atomic E-state index is 12.0. The normalized spacial score (nSPS) is 13.5. The average Bonchev–Trinajstić information content (AvgIpc) is 2.41. The van der Waals surface area contributed by atoms with Crippen molar-refractivity contribution in [2.24, 2.45) is 5.73 Å². The second-order valence-corrected chi connectivity index (χ2v) is 6.98. The Morgan fingerprint density at radius 1 is 1.14 bits per heavy atom. The van der Waals surface area contributed by atoms with Crippen LogP contribution in [0.3, 0.4) is 0 Å². The highest BCUT2D eigenvalue weighted by atomic mass is 79.9. The monoisotopic (exact) mass is 430 g/mol. The number of hydrogen-bond acceptors (Lipinski definition) is 2. The number of anilines is 1. The molecule has 1 atom stereocenters. The zero-order valence-electron chi connectivity index (χ0n) is 11.2. The Balaban J connectivity index is 2.45. The Hall–Kier alpha value is -1.04. The van der Waals surface area contributed by atoms with Gasteiger partial charge in [-0.3, -0.25) is 4.79 Å². The molecule has 0 saturated heterocycles. The lowest BCUT2D eigenvalue weighted by Gasteiger charge is -2.30. The summed E-state index contributed by atoms with van der Waals surface area (Å²) < 4.78 is 1.79. The van der Waals surface area contributed by atoms with Gasteiger partial charge in [-0.25, -0.2) is 0 Å². The highest BCUT2D eigenvalue weighted by molar-refractivity contribution is 9.10. The molecule has 2 aromatic rings. The predicted octanol–water partition coefficient (Wildman–Crippen LogP) is 4.68. The van der Waals surface area contributed by atoms with E-state index >= 15 is 0 Å². The molecular formula is C15H13Br2ClN2O. The molecule has 0 saturated carbocycles. The van der Waals surface area contributed by atoms with Gasteiger partial charge in [0, 0.05) is 25.2 Å². The summed E-state index contributed by atoms with van der Waals surface area (Å²) in [6.07, 6.45) is 0. The fourth-order valence-electron chi connectivity index (χ4n) is 1.98. The first-order chi connectivity index (χ1) is 9.83. The van der Waals surface area contributed by atoms with Crippen LogP contribution in [-0.2, 0) is 10.3 Å². The maximum Gasteiger partial charge on any atom is 0.247 e. The van der Waals surface area contributed by atoms with Crippen LogP contribution in [-0.4, -0.2) is 5.91 Å². The van der Waals surface area contributed by atoms with Crippen molar-refractivity contribution in [3.05, 3.63) is 62.0 Å². The molecule has 0 aliphatic rings. The summed E-state index contributed by atoms with van der Waals surface area (Å²) in [6.45, 7) is 1.71. The van der Waals surface area contributed by atoms with Gasteiger partial charge in [0.2, 0.25) is 5.91 Å². The van der Waals surface area contributed by atoms with Crippen LogP contribution in [0.15, 0.2) is 51.4 Å². The second kappa shape index (κ2) is 6.38. The Bertz CT molecular complexity index is 676. The van der Waals surface area contributed by atoms with Crippen molar-refractivity contribution in [2.75, 3.05) is 5.32 Å². The Kier molecular flexibility index (Phi) is 4.96. The summed E-state index contributed by atoms with van der Waals surface area (Å²) in [5, 5.41) is 3.63. The van der Waals surface area contributed by atoms with E-state index < -0.39 is 11.4 Å². The average molecular weight is 433 g/mol. The lowest BCUT2D eigenvalue weighted by molar-refractivity contribution is -0.122. The number of carbonyl (C=O) groups excluding carboxylic acids is 1. The molecule has 21 heavy (non-hydrogen) atoms. The van der Waals surface area contributed by atoms with Crippen LogP contribution in [0.25, 0.3) is 0 Å². The maximum absolute atomic E-state index is 12.0. The lowest BCUT2D eigenvalue weighted by Crippen LogP contribution is -2.45. The van der Waals surface area contributed by atoms with Gasteiger partial charge in [-0.2, -0.15) is 0 Å². The fourth-order valence-corrected chi connectivity index (χ4v) is 3.11. The zero-order chi connectivity index (χ0) is 15.6. The number of amides is 1. The van der Waals surface area contributed by atoms with Crippen molar-refractivity contribution in [2.45, 2.75) is 12.5 Å². The summed E-state index contributed by atoms with van der Waals surface area (Å²) in [5.74, 6) is -0.505. The molecule has 3 nitrogen and oxygen atoms in total. The molecule has 0 radical (unpaired) electrons. The van der Waals surface area contributed by atoms with Gasteiger partial charge in [-0.1, -0.05) is 49.5 Å². The highest BCUT2D eigenvalue weighted by Gasteiger charge is 2.35. The van der Waals surface area contributed by atoms with Crippen LogP contribution in [0.2, 0.25) is 5.02 Å². The van der Waals surface area contributed by atoms with Crippen molar-refractivity contribution < 1.29 is 4.79 Å². The van der Waals surface area contributed by atoms with Gasteiger partial charge in [0.15, 0.2) is 0 Å². The van der Waals surface area contributed by atoms with E-state index in [-0.39, 0.29) is 0 Å². The first-order valence-corrected chi connectivity index (χ1v) is 8.08. The fraction of sp³-hybridized carbons (Fsp3) is 0.133. The highest BCUT2D eigenvalue weighted by Crippen LogP contribution is 2.33. The Morgan fingerprint density at radius 3 is 2.24 bits per heavy atom. The topological polar surface area (TPSA) is 55.1 Å². The van der Waals surface area contributed by atoms with E-state index in [9.17, 15) is 4.79 Å². The minimum absolute atomic E-state index is 0.468. The minimum Gasteiger partial charge on any atom is -0.368 e. The van der Waals surface area contributed by atoms with Gasteiger partial charge < -0.3 is 11.1 Å². The smallest absolute Gasteiger partial charge is 0.247 e. The molecule has 2 rings (SSSR count). The number of primary amides is 1. The zero-order valence-corrected chi connectivity index (χ0v) is 15.1. The standard InChI is InChI=1S/C15H13Br2ClN2O/c1-15(14(19)21,12-7-4-10(17)8-13(12)18)20-11-5-2-9(16)3-6-11/h2-8,20H,1H3,(H2,19,21). The van der Waals surface area contributed by atoms with Crippen LogP contribution >= 0.6 is 43.5 Å². The largest absolute Gasteiger partial charge is 0.368 e. The van der Waals surface area contributed by atoms with Crippen LogP contribution in [0.4, 0.5) is 5.69 Å². The quantitative estimate of drug-likeness (QED) is 0.737. The summed E-state index contributed by atoms with van der Waals surface area (Å²) in [5.41, 5.74) is 5.91. The van der Waals surface area contributed by atoms with Crippen molar-refractivity contribution in [3.8, 4) is 0 Å². The molecule has 0 aromatic heterocycles. The van der Waals surface area contributed by atoms with E-state index in [4.69, 9.17) is 17.3 Å². The number of hydrogen-bond donors (Lipinski definition) is 2. The number of nitrogens with two attached hydrogens (primary N) is 1. The molecular weight excluding hydrogens is 419 g/mol. The van der Waals surface area contributed by atoms with E-state index in [0.717, 1.165) is 14.6 Å². The van der Waals surface area contributed by atoms with Gasteiger partial charge in [0.1, 0.15) is 5.54 Å². The third kappa shape index (κ3) is 3.59. The van der Waals surface area contributed by atoms with Crippen molar-refractivity contribution in [1.82, 2.24) is 0 Å². The molecule has 1 amide bonds. The molecule has 0 aliphatic carbocycles. The molecule has 0 aliphatic heterocycles. The summed E-state index contributed by atoms with van der Waals surface area (Å²) >= 11 is 13.0. The van der Waals surface area contributed by atoms with Crippen LogP contribution in [0, 0.1) is 0 Å². The van der Waals surface area contributed by atoms with Gasteiger partial charge in [-0.15, -0.1) is 0 Å². The number of nitrogens with one attached hydrogen (secondary N) is 1. The second-order valence-electron chi connectivity index (χ2n) is 4.75. The number of benzene rings is 2. The van der Waals surface area contributed by atoms with Gasteiger partial charge in [0.05, 0.1) is 0 Å². The SMILES string of the molecule is CC(Nc1ccc(Br)cc1)(C(N)=O)c1ccc(Br)cc1Cl. The third-order valence-corrected chi connectivity index (χ3v) is 4.54. The molecule has 110 valence electrons. The Labute approximate surface area is 145 Å². The van der Waals surface area contributed by atoms with Gasteiger partial charge in [-0.05, 0) is 43.3 Å². The molecule has 0 heterocycles. The summed E-state index contributed by atoms with van der Waals surface area (Å²) in [6, 6.07) is 12.8. The molecule has 0 spiro atoms. The van der Waals surface area contributed by atoms with E-state index in [1.807, 2.05) is 30.3 Å². The van der Waals surface area contributed by atoms with Crippen molar-refractivity contribution in [1.29, 1.82) is 0 Å². The van der Waals surface area contributed by atoms with E-state index in [2.05, 4.69) is 37.2 Å². The lowest BCUT2D eigenvalue weighted by atomic mass is 9.90. The van der Waals surface area contributed by atoms with Gasteiger partial charge in [0.25, 0.3) is 0 Å². The van der Waals surface area contributed by atoms with E-state index in [1.54, 1.807) is 19.1 Å². The van der Waals surface area contributed by atoms with Crippen LogP contribution in [0.1, 0.15) is 12.5 Å². The van der Waals surface area contributed by atoms with Crippen molar-refractivity contribution >= 4 is 55.1 Å². The Morgan fingerprint density at radius 2 is 1.71 bits per heavy atom. The minimum atomic E-state index is -1.11. The molecule has 0 fully saturated rings. The first-order valence-electron chi connectivity index (χ1n) is 6.12. The number of carbonyl (C=O) groups is 1.